The van der Waals surface area contributed by atoms with Gasteiger partial charge in [-0.25, -0.2) is 0 Å². The molecule has 106 valence electrons. The zero-order valence-corrected chi connectivity index (χ0v) is 12.8. The number of halogens is 1. The Balaban J connectivity index is 2.03. The van der Waals surface area contributed by atoms with Gasteiger partial charge in [-0.2, -0.15) is 0 Å². The third-order valence-electron chi connectivity index (χ3n) is 3.00. The molecule has 1 unspecified atom stereocenters. The number of amides is 1. The quantitative estimate of drug-likeness (QED) is 0.944. The summed E-state index contributed by atoms with van der Waals surface area (Å²) in [5, 5.41) is 5.24. The van der Waals surface area contributed by atoms with Crippen molar-refractivity contribution in [2.75, 3.05) is 0 Å². The van der Waals surface area contributed by atoms with Crippen molar-refractivity contribution in [2.24, 2.45) is 0 Å². The average molecular weight is 311 g/mol. The van der Waals surface area contributed by atoms with Crippen LogP contribution in [0, 0.1) is 6.92 Å². The lowest BCUT2D eigenvalue weighted by Crippen LogP contribution is -2.32. The van der Waals surface area contributed by atoms with Gasteiger partial charge in [0.2, 0.25) is 5.91 Å². The molecule has 1 heterocycles. The van der Waals surface area contributed by atoms with Gasteiger partial charge < -0.3 is 5.32 Å². The summed E-state index contributed by atoms with van der Waals surface area (Å²) in [6.45, 7) is 3.73. The van der Waals surface area contributed by atoms with E-state index in [1.807, 2.05) is 32.0 Å². The normalized spacial score (nSPS) is 12.2. The second-order valence-corrected chi connectivity index (χ2v) is 5.83. The average Bonchev–Trinajstić information content (AvgIpc) is 2.70. The first-order valence-corrected chi connectivity index (χ1v) is 7.43. The highest BCUT2D eigenvalue weighted by atomic mass is 35.5. The Hall–Kier alpha value is -1.59. The molecule has 0 radical (unpaired) electrons. The van der Waals surface area contributed by atoms with Crippen molar-refractivity contribution in [3.63, 3.8) is 0 Å². The maximum atomic E-state index is 12.0. The zero-order valence-electron chi connectivity index (χ0n) is 11.2. The summed E-state index contributed by atoms with van der Waals surface area (Å²) in [5.74, 6) is -0.193. The minimum Gasteiger partial charge on any atom is -0.348 e. The van der Waals surface area contributed by atoms with Crippen LogP contribution in [0.4, 0.5) is 0 Å². The number of benzene rings is 1. The standard InChI is InChI=1S/C14H15ClN2O2S/c1-9-8-20-14(19)17(9)7-13(18)16-10(2)11-4-3-5-12(15)6-11/h3-6,8,10H,7H2,1-2H3,(H,16,18). The van der Waals surface area contributed by atoms with Crippen molar-refractivity contribution in [1.82, 2.24) is 9.88 Å². The van der Waals surface area contributed by atoms with E-state index in [0.717, 1.165) is 22.6 Å². The SMILES string of the molecule is Cc1csc(=O)n1CC(=O)NC(C)c1cccc(Cl)c1. The largest absolute Gasteiger partial charge is 0.348 e. The summed E-state index contributed by atoms with van der Waals surface area (Å²) in [6.07, 6.45) is 0. The number of carbonyl (C=O) groups is 1. The smallest absolute Gasteiger partial charge is 0.307 e. The van der Waals surface area contributed by atoms with Crippen molar-refractivity contribution in [1.29, 1.82) is 0 Å². The lowest BCUT2D eigenvalue weighted by molar-refractivity contribution is -0.122. The Morgan fingerprint density at radius 3 is 2.85 bits per heavy atom. The highest BCUT2D eigenvalue weighted by Crippen LogP contribution is 2.17. The van der Waals surface area contributed by atoms with Gasteiger partial charge in [0, 0.05) is 16.1 Å². The molecular weight excluding hydrogens is 296 g/mol. The molecule has 0 spiro atoms. The van der Waals surface area contributed by atoms with Crippen LogP contribution in [-0.2, 0) is 11.3 Å². The van der Waals surface area contributed by atoms with Crippen molar-refractivity contribution in [3.05, 3.63) is 55.6 Å². The molecule has 1 atom stereocenters. The molecule has 0 aliphatic carbocycles. The number of aryl methyl sites for hydroxylation is 1. The number of nitrogens with zero attached hydrogens (tertiary/aromatic N) is 1. The van der Waals surface area contributed by atoms with Crippen LogP contribution in [0.2, 0.25) is 5.02 Å². The van der Waals surface area contributed by atoms with Crippen LogP contribution < -0.4 is 10.2 Å². The van der Waals surface area contributed by atoms with Gasteiger partial charge in [0.15, 0.2) is 0 Å². The molecule has 2 aromatic rings. The van der Waals surface area contributed by atoms with E-state index in [4.69, 9.17) is 11.6 Å². The van der Waals surface area contributed by atoms with E-state index in [1.165, 1.54) is 4.57 Å². The minimum atomic E-state index is -0.193. The van der Waals surface area contributed by atoms with Gasteiger partial charge in [0.1, 0.15) is 6.54 Å². The topological polar surface area (TPSA) is 51.1 Å². The predicted octanol–water partition coefficient (Wildman–Crippen LogP) is 2.75. The first-order chi connectivity index (χ1) is 9.47. The molecule has 1 aromatic heterocycles. The number of aromatic nitrogens is 1. The molecule has 0 aliphatic rings. The molecule has 20 heavy (non-hydrogen) atoms. The van der Waals surface area contributed by atoms with Gasteiger partial charge in [-0.1, -0.05) is 35.1 Å². The van der Waals surface area contributed by atoms with Gasteiger partial charge in [0.25, 0.3) is 0 Å². The van der Waals surface area contributed by atoms with Crippen LogP contribution in [0.15, 0.2) is 34.4 Å². The molecule has 1 N–H and O–H groups in total. The Bertz CT molecular complexity index is 678. The summed E-state index contributed by atoms with van der Waals surface area (Å²) in [4.78, 5) is 23.4. The Morgan fingerprint density at radius 2 is 2.25 bits per heavy atom. The van der Waals surface area contributed by atoms with Gasteiger partial charge in [-0.3, -0.25) is 14.2 Å². The molecule has 0 fully saturated rings. The van der Waals surface area contributed by atoms with E-state index in [2.05, 4.69) is 5.32 Å². The number of carbonyl (C=O) groups excluding carboxylic acids is 1. The number of thiazole rings is 1. The second-order valence-electron chi connectivity index (χ2n) is 4.57. The Morgan fingerprint density at radius 1 is 1.50 bits per heavy atom. The van der Waals surface area contributed by atoms with Gasteiger partial charge in [-0.05, 0) is 31.5 Å². The van der Waals surface area contributed by atoms with Gasteiger partial charge >= 0.3 is 4.87 Å². The Labute approximate surface area is 126 Å². The van der Waals surface area contributed by atoms with Crippen LogP contribution >= 0.6 is 22.9 Å². The van der Waals surface area contributed by atoms with Crippen LogP contribution in [0.25, 0.3) is 0 Å². The highest BCUT2D eigenvalue weighted by Gasteiger charge is 2.12. The van der Waals surface area contributed by atoms with Crippen molar-refractivity contribution < 1.29 is 4.79 Å². The number of hydrogen-bond acceptors (Lipinski definition) is 3. The third-order valence-corrected chi connectivity index (χ3v) is 4.12. The van der Waals surface area contributed by atoms with Crippen LogP contribution in [-0.4, -0.2) is 10.5 Å². The summed E-state index contributed by atoms with van der Waals surface area (Å²) in [7, 11) is 0. The first-order valence-electron chi connectivity index (χ1n) is 6.17. The third kappa shape index (κ3) is 3.49. The maximum absolute atomic E-state index is 12.0. The fraction of sp³-hybridized carbons (Fsp3) is 0.286. The van der Waals surface area contributed by atoms with E-state index < -0.39 is 0 Å². The van der Waals surface area contributed by atoms with E-state index >= 15 is 0 Å². The molecule has 0 bridgehead atoms. The van der Waals surface area contributed by atoms with Gasteiger partial charge in [-0.15, -0.1) is 0 Å². The summed E-state index contributed by atoms with van der Waals surface area (Å²) in [5.41, 5.74) is 1.73. The van der Waals surface area contributed by atoms with Crippen molar-refractivity contribution >= 4 is 28.8 Å². The molecule has 2 rings (SSSR count). The number of hydrogen-bond donors (Lipinski definition) is 1. The molecule has 0 aliphatic heterocycles. The monoisotopic (exact) mass is 310 g/mol. The fourth-order valence-electron chi connectivity index (χ4n) is 1.89. The van der Waals surface area contributed by atoms with E-state index in [1.54, 1.807) is 11.4 Å². The lowest BCUT2D eigenvalue weighted by atomic mass is 10.1. The van der Waals surface area contributed by atoms with E-state index in [0.29, 0.717) is 5.02 Å². The molecule has 6 heteroatoms. The first kappa shape index (κ1) is 14.8. The van der Waals surface area contributed by atoms with Crippen molar-refractivity contribution in [3.8, 4) is 0 Å². The predicted molar refractivity (Wildman–Crippen MR) is 81.3 cm³/mol. The lowest BCUT2D eigenvalue weighted by Gasteiger charge is -2.15. The number of nitrogens with one attached hydrogen (secondary N) is 1. The maximum Gasteiger partial charge on any atom is 0.307 e. The summed E-state index contributed by atoms with van der Waals surface area (Å²) < 4.78 is 1.46. The summed E-state index contributed by atoms with van der Waals surface area (Å²) >= 11 is 7.03. The van der Waals surface area contributed by atoms with E-state index in [-0.39, 0.29) is 23.4 Å². The molecule has 1 amide bonds. The molecular formula is C14H15ClN2O2S. The van der Waals surface area contributed by atoms with Crippen LogP contribution in [0.1, 0.15) is 24.2 Å². The van der Waals surface area contributed by atoms with E-state index in [9.17, 15) is 9.59 Å². The van der Waals surface area contributed by atoms with Crippen molar-refractivity contribution in [2.45, 2.75) is 26.4 Å². The molecule has 0 saturated heterocycles. The number of rotatable bonds is 4. The Kier molecular flexibility index (Phi) is 4.62. The van der Waals surface area contributed by atoms with Crippen LogP contribution in [0.5, 0.6) is 0 Å². The second kappa shape index (κ2) is 6.24. The zero-order chi connectivity index (χ0) is 14.7. The highest BCUT2D eigenvalue weighted by molar-refractivity contribution is 7.07. The minimum absolute atomic E-state index is 0.0407. The molecule has 1 aromatic carbocycles. The van der Waals surface area contributed by atoms with Gasteiger partial charge in [0.05, 0.1) is 6.04 Å². The summed E-state index contributed by atoms with van der Waals surface area (Å²) in [6, 6.07) is 7.19. The fourth-order valence-corrected chi connectivity index (χ4v) is 2.82. The molecule has 4 nitrogen and oxygen atoms in total. The molecule has 0 saturated carbocycles. The van der Waals surface area contributed by atoms with Crippen LogP contribution in [0.3, 0.4) is 0 Å².